The van der Waals surface area contributed by atoms with Gasteiger partial charge in [-0.1, -0.05) is 12.5 Å². The summed E-state index contributed by atoms with van der Waals surface area (Å²) in [4.78, 5) is 30.4. The molecular weight excluding hydrogens is 530 g/mol. The Morgan fingerprint density at radius 1 is 1.10 bits per heavy atom. The van der Waals surface area contributed by atoms with Gasteiger partial charge in [0, 0.05) is 76.9 Å². The van der Waals surface area contributed by atoms with Gasteiger partial charge in [0.1, 0.15) is 0 Å². The molecule has 3 aliphatic heterocycles. The molecule has 1 saturated carbocycles. The van der Waals surface area contributed by atoms with Crippen LogP contribution < -0.4 is 4.90 Å². The first-order chi connectivity index (χ1) is 19.0. The number of carbonyl (C=O) groups excluding carboxylic acids is 1. The third kappa shape index (κ3) is 5.95. The van der Waals surface area contributed by atoms with E-state index in [1.807, 2.05) is 4.90 Å². The van der Waals surface area contributed by atoms with Crippen molar-refractivity contribution in [1.82, 2.24) is 9.80 Å². The SMILES string of the molecule is COC[C@H]1CN(C(=O)[C@@]2(F)CCN(CC3CCC3)C2)C[C@@H]1c1ccc(C(F)(F)F)cc1N1CCC(C(=O)O)CC1. The number of hydrogen-bond acceptors (Lipinski definition) is 5. The summed E-state index contributed by atoms with van der Waals surface area (Å²) in [5, 5.41) is 9.38. The second-order valence-corrected chi connectivity index (χ2v) is 12.2. The number of likely N-dealkylation sites (tertiary alicyclic amines) is 2. The van der Waals surface area contributed by atoms with Crippen molar-refractivity contribution < 1.29 is 37.0 Å². The molecule has 1 aromatic rings. The maximum atomic E-state index is 16.0. The van der Waals surface area contributed by atoms with E-state index in [9.17, 15) is 27.9 Å². The molecule has 40 heavy (non-hydrogen) atoms. The lowest BCUT2D eigenvalue weighted by Crippen LogP contribution is -2.47. The Morgan fingerprint density at radius 2 is 1.82 bits per heavy atom. The van der Waals surface area contributed by atoms with Crippen molar-refractivity contribution in [3.63, 3.8) is 0 Å². The summed E-state index contributed by atoms with van der Waals surface area (Å²) in [6.45, 7) is 2.85. The largest absolute Gasteiger partial charge is 0.481 e. The van der Waals surface area contributed by atoms with Crippen molar-refractivity contribution in [2.75, 3.05) is 64.4 Å². The maximum Gasteiger partial charge on any atom is 0.416 e. The Balaban J connectivity index is 1.38. The molecule has 1 N–H and O–H groups in total. The molecule has 1 aromatic carbocycles. The van der Waals surface area contributed by atoms with Gasteiger partial charge in [-0.25, -0.2) is 4.39 Å². The Hall–Kier alpha value is -2.40. The van der Waals surface area contributed by atoms with Crippen molar-refractivity contribution in [1.29, 1.82) is 0 Å². The average Bonchev–Trinajstić information content (AvgIpc) is 3.49. The van der Waals surface area contributed by atoms with E-state index < -0.39 is 35.2 Å². The average molecular weight is 570 g/mol. The number of halogens is 4. The number of anilines is 1. The van der Waals surface area contributed by atoms with E-state index in [2.05, 4.69) is 4.90 Å². The molecule has 222 valence electrons. The van der Waals surface area contributed by atoms with Gasteiger partial charge < -0.3 is 19.6 Å². The second kappa shape index (κ2) is 11.5. The highest BCUT2D eigenvalue weighted by Crippen LogP contribution is 2.43. The van der Waals surface area contributed by atoms with Gasteiger partial charge in [-0.3, -0.25) is 14.5 Å². The van der Waals surface area contributed by atoms with Gasteiger partial charge >= 0.3 is 12.1 Å². The van der Waals surface area contributed by atoms with Gasteiger partial charge in [0.25, 0.3) is 5.91 Å². The Labute approximate surface area is 232 Å². The molecule has 0 radical (unpaired) electrons. The number of carboxylic acids is 1. The molecular formula is C29H39F4N3O4. The summed E-state index contributed by atoms with van der Waals surface area (Å²) in [5.74, 6) is -1.93. The molecule has 0 bridgehead atoms. The number of ether oxygens (including phenoxy) is 1. The first-order valence-electron chi connectivity index (χ1n) is 14.4. The fraction of sp³-hybridized carbons (Fsp3) is 0.724. The minimum absolute atomic E-state index is 0.0858. The van der Waals surface area contributed by atoms with E-state index in [4.69, 9.17) is 4.74 Å². The summed E-state index contributed by atoms with van der Waals surface area (Å²) in [5.41, 5.74) is -1.68. The number of methoxy groups -OCH3 is 1. The monoisotopic (exact) mass is 569 g/mol. The lowest BCUT2D eigenvalue weighted by atomic mass is 9.85. The summed E-state index contributed by atoms with van der Waals surface area (Å²) in [7, 11) is 1.54. The molecule has 1 amide bonds. The fourth-order valence-corrected chi connectivity index (χ4v) is 6.95. The number of benzene rings is 1. The third-order valence-electron chi connectivity index (χ3n) is 9.47. The van der Waals surface area contributed by atoms with Gasteiger partial charge in [0.2, 0.25) is 5.67 Å². The molecule has 0 unspecified atom stereocenters. The van der Waals surface area contributed by atoms with E-state index in [0.717, 1.165) is 31.5 Å². The van der Waals surface area contributed by atoms with Gasteiger partial charge in [-0.2, -0.15) is 13.2 Å². The number of alkyl halides is 4. The molecule has 0 aromatic heterocycles. The molecule has 11 heteroatoms. The van der Waals surface area contributed by atoms with Crippen LogP contribution in [0.2, 0.25) is 0 Å². The Kier molecular flexibility index (Phi) is 8.34. The van der Waals surface area contributed by atoms with Crippen LogP contribution >= 0.6 is 0 Å². The molecule has 1 aliphatic carbocycles. The zero-order valence-electron chi connectivity index (χ0n) is 23.0. The summed E-state index contributed by atoms with van der Waals surface area (Å²) < 4.78 is 62.6. The summed E-state index contributed by atoms with van der Waals surface area (Å²) in [6.07, 6.45) is -0.201. The predicted octanol–water partition coefficient (Wildman–Crippen LogP) is 4.41. The Bertz CT molecular complexity index is 1090. The van der Waals surface area contributed by atoms with Crippen LogP contribution in [0.4, 0.5) is 23.2 Å². The molecule has 0 spiro atoms. The second-order valence-electron chi connectivity index (χ2n) is 12.2. The number of amides is 1. The number of hydrogen-bond donors (Lipinski definition) is 1. The van der Waals surface area contributed by atoms with Crippen molar-refractivity contribution >= 4 is 17.6 Å². The number of aliphatic carboxylic acids is 1. The van der Waals surface area contributed by atoms with Crippen LogP contribution in [0.5, 0.6) is 0 Å². The smallest absolute Gasteiger partial charge is 0.416 e. The normalized spacial score (nSPS) is 28.7. The van der Waals surface area contributed by atoms with E-state index in [1.54, 1.807) is 4.90 Å². The Morgan fingerprint density at radius 3 is 2.42 bits per heavy atom. The fourth-order valence-electron chi connectivity index (χ4n) is 6.95. The standard InChI is InChI=1S/C29H39F4N3O4/c1-40-17-21-15-36(27(39)28(30)9-12-34(18-28)14-19-3-2-4-19)16-24(21)23-6-5-22(29(31,32)33)13-25(23)35-10-7-20(8-11-35)26(37)38/h5-6,13,19-21,24H,2-4,7-12,14-18H2,1H3,(H,37,38)/t21-,24+,28-/m1/s1. The zero-order chi connectivity index (χ0) is 28.7. The molecule has 4 aliphatic rings. The molecule has 3 saturated heterocycles. The van der Waals surface area contributed by atoms with Crippen molar-refractivity contribution in [2.24, 2.45) is 17.8 Å². The highest BCUT2D eigenvalue weighted by atomic mass is 19.4. The van der Waals surface area contributed by atoms with Crippen LogP contribution in [0.1, 0.15) is 55.6 Å². The number of rotatable bonds is 8. The third-order valence-corrected chi connectivity index (χ3v) is 9.47. The molecule has 3 heterocycles. The van der Waals surface area contributed by atoms with Crippen molar-refractivity contribution in [3.8, 4) is 0 Å². The van der Waals surface area contributed by atoms with Crippen LogP contribution in [-0.4, -0.2) is 92.0 Å². The maximum absolute atomic E-state index is 16.0. The summed E-state index contributed by atoms with van der Waals surface area (Å²) >= 11 is 0. The van der Waals surface area contributed by atoms with E-state index in [0.29, 0.717) is 49.6 Å². The highest BCUT2D eigenvalue weighted by Gasteiger charge is 2.50. The van der Waals surface area contributed by atoms with Crippen LogP contribution in [0.25, 0.3) is 0 Å². The van der Waals surface area contributed by atoms with Crippen molar-refractivity contribution in [2.45, 2.75) is 56.3 Å². The number of piperidine rings is 1. The van der Waals surface area contributed by atoms with E-state index >= 15 is 4.39 Å². The molecule has 7 nitrogen and oxygen atoms in total. The first kappa shape index (κ1) is 29.1. The number of carbonyl (C=O) groups is 2. The topological polar surface area (TPSA) is 73.3 Å². The molecule has 3 atom stereocenters. The number of carboxylic acid groups (broad SMARTS) is 1. The first-order valence-corrected chi connectivity index (χ1v) is 14.4. The predicted molar refractivity (Wildman–Crippen MR) is 141 cm³/mol. The van der Waals surface area contributed by atoms with Crippen LogP contribution in [-0.2, 0) is 20.5 Å². The molecule has 4 fully saturated rings. The van der Waals surface area contributed by atoms with Gasteiger partial charge in [0.15, 0.2) is 0 Å². The van der Waals surface area contributed by atoms with Gasteiger partial charge in [-0.15, -0.1) is 0 Å². The van der Waals surface area contributed by atoms with Gasteiger partial charge in [-0.05, 0) is 49.3 Å². The van der Waals surface area contributed by atoms with E-state index in [1.165, 1.54) is 19.6 Å². The summed E-state index contributed by atoms with van der Waals surface area (Å²) in [6, 6.07) is 3.67. The minimum Gasteiger partial charge on any atom is -0.481 e. The van der Waals surface area contributed by atoms with Crippen LogP contribution in [0, 0.1) is 17.8 Å². The van der Waals surface area contributed by atoms with Crippen molar-refractivity contribution in [3.05, 3.63) is 29.3 Å². The molecule has 5 rings (SSSR count). The lowest BCUT2D eigenvalue weighted by molar-refractivity contribution is -0.143. The van der Waals surface area contributed by atoms with E-state index in [-0.39, 0.29) is 44.5 Å². The zero-order valence-corrected chi connectivity index (χ0v) is 23.0. The highest BCUT2D eigenvalue weighted by molar-refractivity contribution is 5.86. The van der Waals surface area contributed by atoms with Gasteiger partial charge in [0.05, 0.1) is 18.1 Å². The lowest BCUT2D eigenvalue weighted by Gasteiger charge is -2.35. The minimum atomic E-state index is -4.54. The van der Waals surface area contributed by atoms with Crippen LogP contribution in [0.15, 0.2) is 18.2 Å². The van der Waals surface area contributed by atoms with Crippen LogP contribution in [0.3, 0.4) is 0 Å². The quantitative estimate of drug-likeness (QED) is 0.468. The number of nitrogens with zero attached hydrogens (tertiary/aromatic N) is 3.